The quantitative estimate of drug-likeness (QED) is 0.139. The summed E-state index contributed by atoms with van der Waals surface area (Å²) in [7, 11) is 0. The van der Waals surface area contributed by atoms with Gasteiger partial charge in [0.2, 0.25) is 0 Å². The van der Waals surface area contributed by atoms with Crippen LogP contribution in [0, 0.1) is 0 Å². The molecule has 0 atom stereocenters. The average Bonchev–Trinajstić information content (AvgIpc) is 2.76. The lowest BCUT2D eigenvalue weighted by Crippen LogP contribution is -2.55. The fourth-order valence-electron chi connectivity index (χ4n) is 4.33. The Labute approximate surface area is 198 Å². The molecule has 0 fully saturated rings. The van der Waals surface area contributed by atoms with Crippen molar-refractivity contribution in [1.29, 1.82) is 0 Å². The molecule has 180 valence electrons. The predicted octanol–water partition coefficient (Wildman–Crippen LogP) is -0.943. The maximum Gasteiger partial charge on any atom is 0.195 e. The van der Waals surface area contributed by atoms with Gasteiger partial charge in [0.05, 0.1) is 44.8 Å². The van der Waals surface area contributed by atoms with E-state index in [1.54, 1.807) is 0 Å². The highest BCUT2D eigenvalue weighted by Gasteiger charge is 2.33. The van der Waals surface area contributed by atoms with E-state index in [1.807, 2.05) is 42.5 Å². The van der Waals surface area contributed by atoms with Crippen molar-refractivity contribution >= 4 is 40.5 Å². The van der Waals surface area contributed by atoms with Crippen molar-refractivity contribution in [2.75, 3.05) is 45.8 Å². The zero-order chi connectivity index (χ0) is 24.7. The Balaban J connectivity index is 2.00. The van der Waals surface area contributed by atoms with Gasteiger partial charge >= 0.3 is 0 Å². The monoisotopic (exact) mass is 465 g/mol. The molecule has 0 aromatic heterocycles. The third-order valence-corrected chi connectivity index (χ3v) is 5.91. The first kappa shape index (κ1) is 24.5. The maximum atomic E-state index is 13.5. The number of carbonyl (C=O) groups is 1. The van der Waals surface area contributed by atoms with Crippen molar-refractivity contribution in [3.63, 3.8) is 0 Å². The van der Waals surface area contributed by atoms with E-state index in [9.17, 15) is 4.79 Å². The second-order valence-corrected chi connectivity index (χ2v) is 8.34. The third-order valence-electron chi connectivity index (χ3n) is 5.91. The summed E-state index contributed by atoms with van der Waals surface area (Å²) in [5.74, 6) is -0.00217. The number of hydrogen-bond acceptors (Lipinski definition) is 4. The first-order valence-corrected chi connectivity index (χ1v) is 11.0. The number of nitrogens with zero attached hydrogens (tertiary/aromatic N) is 4. The maximum absolute atomic E-state index is 13.5. The van der Waals surface area contributed by atoms with Crippen molar-refractivity contribution in [3.8, 4) is 0 Å². The second-order valence-electron chi connectivity index (χ2n) is 8.34. The van der Waals surface area contributed by atoms with Gasteiger partial charge in [0.1, 0.15) is 6.54 Å². The lowest BCUT2D eigenvalue weighted by atomic mass is 9.87. The number of aliphatic imine (C=N–C) groups is 3. The molecule has 0 unspecified atom stereocenters. The van der Waals surface area contributed by atoms with E-state index in [2.05, 4.69) is 15.0 Å². The molecule has 0 radical (unpaired) electrons. The van der Waals surface area contributed by atoms with Crippen LogP contribution in [0.5, 0.6) is 0 Å². The molecule has 2 aromatic carbocycles. The summed E-state index contributed by atoms with van der Waals surface area (Å²) in [4.78, 5) is 26.0. The summed E-state index contributed by atoms with van der Waals surface area (Å²) in [6.07, 6.45) is 1.96. The number of benzene rings is 2. The summed E-state index contributed by atoms with van der Waals surface area (Å²) < 4.78 is 0.417. The van der Waals surface area contributed by atoms with Crippen LogP contribution in [0.2, 0.25) is 0 Å². The lowest BCUT2D eigenvalue weighted by Gasteiger charge is -2.38. The summed E-state index contributed by atoms with van der Waals surface area (Å²) in [6.45, 7) is 3.11. The van der Waals surface area contributed by atoms with Gasteiger partial charge in [0.15, 0.2) is 23.7 Å². The van der Waals surface area contributed by atoms with Gasteiger partial charge in [-0.1, -0.05) is 36.4 Å². The van der Waals surface area contributed by atoms with E-state index in [0.717, 1.165) is 16.3 Å². The van der Waals surface area contributed by atoms with Crippen molar-refractivity contribution in [2.45, 2.75) is 0 Å². The predicted molar refractivity (Wildman–Crippen MR) is 138 cm³/mol. The van der Waals surface area contributed by atoms with Gasteiger partial charge in [-0.3, -0.25) is 4.79 Å². The molecule has 1 aliphatic carbocycles. The van der Waals surface area contributed by atoms with Gasteiger partial charge in [-0.25, -0.2) is 15.0 Å². The highest BCUT2D eigenvalue weighted by molar-refractivity contribution is 6.22. The first-order chi connectivity index (χ1) is 16.2. The molecule has 2 aromatic rings. The second kappa shape index (κ2) is 10.7. The Bertz CT molecular complexity index is 1110. The van der Waals surface area contributed by atoms with Gasteiger partial charge in [-0.2, -0.15) is 0 Å². The average molecular weight is 466 g/mol. The molecule has 1 aliphatic rings. The van der Waals surface area contributed by atoms with Gasteiger partial charge in [0, 0.05) is 10.9 Å². The zero-order valence-electron chi connectivity index (χ0n) is 19.2. The van der Waals surface area contributed by atoms with Crippen molar-refractivity contribution in [3.05, 3.63) is 53.1 Å². The number of ketones is 1. The first-order valence-electron chi connectivity index (χ1n) is 11.0. The molecule has 34 heavy (non-hydrogen) atoms. The van der Waals surface area contributed by atoms with E-state index in [0.29, 0.717) is 61.4 Å². The van der Waals surface area contributed by atoms with Crippen LogP contribution >= 0.6 is 0 Å². The van der Waals surface area contributed by atoms with E-state index >= 15 is 0 Å². The normalized spacial score (nSPS) is 12.7. The van der Waals surface area contributed by atoms with Gasteiger partial charge < -0.3 is 38.9 Å². The molecule has 3 rings (SSSR count). The number of Topliss-reactive ketones (excluding diaryl/α,β-unsaturated/α-hetero) is 1. The minimum absolute atomic E-state index is 0.000102. The lowest BCUT2D eigenvalue weighted by molar-refractivity contribution is -0.919. The highest BCUT2D eigenvalue weighted by atomic mass is 16.1. The third kappa shape index (κ3) is 6.01. The number of quaternary nitrogens is 1. The topological polar surface area (TPSA) is 210 Å². The number of guanidine groups is 3. The van der Waals surface area contributed by atoms with Crippen molar-refractivity contribution in [2.24, 2.45) is 49.4 Å². The SMILES string of the molecule is NC(N)=NCC[N+](CCN=C(N)N)(CCN=C(N)N)CC1=Cc2cccc3cccc(c23)C1=O. The van der Waals surface area contributed by atoms with Crippen LogP contribution in [0.25, 0.3) is 16.8 Å². The van der Waals surface area contributed by atoms with E-state index in [-0.39, 0.29) is 23.7 Å². The number of hydrogen-bond donors (Lipinski definition) is 6. The van der Waals surface area contributed by atoms with Crippen molar-refractivity contribution in [1.82, 2.24) is 0 Å². The van der Waals surface area contributed by atoms with Crippen LogP contribution in [0.1, 0.15) is 15.9 Å². The van der Waals surface area contributed by atoms with Crippen LogP contribution < -0.4 is 34.4 Å². The van der Waals surface area contributed by atoms with Gasteiger partial charge in [-0.05, 0) is 17.0 Å². The Kier molecular flexibility index (Phi) is 7.69. The van der Waals surface area contributed by atoms with E-state index in [4.69, 9.17) is 34.4 Å². The zero-order valence-corrected chi connectivity index (χ0v) is 19.2. The minimum Gasteiger partial charge on any atom is -0.370 e. The van der Waals surface area contributed by atoms with Crippen LogP contribution in [0.15, 0.2) is 56.9 Å². The number of carbonyl (C=O) groups excluding carboxylic acids is 1. The van der Waals surface area contributed by atoms with Crippen LogP contribution in [0.3, 0.4) is 0 Å². The van der Waals surface area contributed by atoms with Crippen LogP contribution in [0.4, 0.5) is 0 Å². The molecular formula is C23H33N10O+. The summed E-state index contributed by atoms with van der Waals surface area (Å²) in [6, 6.07) is 11.8. The minimum atomic E-state index is -0.00248. The van der Waals surface area contributed by atoms with Crippen molar-refractivity contribution < 1.29 is 9.28 Å². The fraction of sp³-hybridized carbons (Fsp3) is 0.304. The Hall–Kier alpha value is -4.12. The molecule has 0 amide bonds. The molecule has 0 heterocycles. The van der Waals surface area contributed by atoms with E-state index < -0.39 is 0 Å². The van der Waals surface area contributed by atoms with Crippen LogP contribution in [-0.4, -0.2) is 74.0 Å². The smallest absolute Gasteiger partial charge is 0.195 e. The molecule has 0 saturated carbocycles. The van der Waals surface area contributed by atoms with E-state index in [1.165, 1.54) is 0 Å². The fourth-order valence-corrected chi connectivity index (χ4v) is 4.33. The Morgan fingerprint density at radius 1 is 0.735 bits per heavy atom. The molecule has 0 saturated heterocycles. The molecule has 0 aliphatic heterocycles. The summed E-state index contributed by atoms with van der Waals surface area (Å²) >= 11 is 0. The standard InChI is InChI=1S/C23H33N10O/c24-21(25)30-7-10-33(11-8-31-22(26)27,12-9-32-23(28)29)14-17-13-16-5-1-3-15-4-2-6-18(19(15)16)20(17)34/h1-6,13H,7-12,14H2,(H4,24,25,30)(H4,26,27,31)(H4,28,29,32)/q+1. The summed E-state index contributed by atoms with van der Waals surface area (Å²) in [5.41, 5.74) is 35.7. The highest BCUT2D eigenvalue weighted by Crippen LogP contribution is 2.32. The molecule has 0 spiro atoms. The molecule has 12 N–H and O–H groups in total. The van der Waals surface area contributed by atoms with Gasteiger partial charge in [0.25, 0.3) is 0 Å². The molecule has 11 heteroatoms. The number of nitrogens with two attached hydrogens (primary N) is 6. The molecular weight excluding hydrogens is 432 g/mol. The van der Waals surface area contributed by atoms with Crippen LogP contribution in [-0.2, 0) is 0 Å². The molecule has 0 bridgehead atoms. The number of rotatable bonds is 11. The largest absolute Gasteiger partial charge is 0.370 e. The Morgan fingerprint density at radius 3 is 1.74 bits per heavy atom. The van der Waals surface area contributed by atoms with Gasteiger partial charge in [-0.15, -0.1) is 0 Å². The molecule has 11 nitrogen and oxygen atoms in total. The Morgan fingerprint density at radius 2 is 1.24 bits per heavy atom. The summed E-state index contributed by atoms with van der Waals surface area (Å²) in [5, 5.41) is 2.01.